The summed E-state index contributed by atoms with van der Waals surface area (Å²) >= 11 is 6.26. The number of rotatable bonds is 5. The molecule has 0 aromatic carbocycles. The van der Waals surface area contributed by atoms with Crippen LogP contribution in [-0.2, 0) is 15.8 Å². The third kappa shape index (κ3) is 5.46. The third-order valence-corrected chi connectivity index (χ3v) is 5.79. The highest BCUT2D eigenvalue weighted by atomic mass is 35.5. The van der Waals surface area contributed by atoms with Gasteiger partial charge in [0.15, 0.2) is 11.0 Å². The maximum Gasteiger partial charge on any atom is 0.230 e. The smallest absolute Gasteiger partial charge is 0.230 e. The molecule has 0 radical (unpaired) electrons. The van der Waals surface area contributed by atoms with Crippen LogP contribution in [0.5, 0.6) is 0 Å². The van der Waals surface area contributed by atoms with Gasteiger partial charge in [-0.25, -0.2) is 8.93 Å². The van der Waals surface area contributed by atoms with Gasteiger partial charge in [-0.2, -0.15) is 0 Å². The molecule has 8 heteroatoms. The number of hydrogen-bond donors (Lipinski definition) is 2. The summed E-state index contributed by atoms with van der Waals surface area (Å²) in [6.45, 7) is 11.2. The Balaban J connectivity index is 2.27. The fraction of sp³-hybridized carbons (Fsp3) is 0.706. The van der Waals surface area contributed by atoms with Gasteiger partial charge in [0.25, 0.3) is 0 Å². The summed E-state index contributed by atoms with van der Waals surface area (Å²) in [6.07, 6.45) is 2.09. The minimum absolute atomic E-state index is 0.149. The van der Waals surface area contributed by atoms with E-state index in [2.05, 4.69) is 20.2 Å². The third-order valence-electron chi connectivity index (χ3n) is 3.92. The van der Waals surface area contributed by atoms with Crippen LogP contribution in [-0.4, -0.2) is 25.1 Å². The van der Waals surface area contributed by atoms with Crippen LogP contribution in [0, 0.1) is 11.3 Å². The normalized spacial score (nSPS) is 17.9. The molecule has 1 fully saturated rings. The van der Waals surface area contributed by atoms with Crippen LogP contribution >= 0.6 is 11.6 Å². The first kappa shape index (κ1) is 20.3. The van der Waals surface area contributed by atoms with Gasteiger partial charge >= 0.3 is 0 Å². The van der Waals surface area contributed by atoms with Crippen molar-refractivity contribution in [2.24, 2.45) is 11.3 Å². The number of amides is 1. The van der Waals surface area contributed by atoms with Crippen molar-refractivity contribution in [2.75, 3.05) is 5.32 Å². The van der Waals surface area contributed by atoms with Crippen molar-refractivity contribution in [3.8, 4) is 0 Å². The summed E-state index contributed by atoms with van der Waals surface area (Å²) in [6, 6.07) is 1.56. The highest BCUT2D eigenvalue weighted by molar-refractivity contribution is 7.84. The van der Waals surface area contributed by atoms with Crippen LogP contribution in [0.4, 0.5) is 5.82 Å². The van der Waals surface area contributed by atoms with Crippen molar-refractivity contribution in [2.45, 2.75) is 65.2 Å². The Morgan fingerprint density at radius 3 is 2.32 bits per heavy atom. The maximum atomic E-state index is 12.5. The fourth-order valence-corrected chi connectivity index (χ4v) is 3.22. The molecule has 0 saturated heterocycles. The van der Waals surface area contributed by atoms with Gasteiger partial charge in [0.1, 0.15) is 0 Å². The summed E-state index contributed by atoms with van der Waals surface area (Å²) in [7, 11) is -1.23. The molecule has 1 aliphatic carbocycles. The summed E-state index contributed by atoms with van der Waals surface area (Å²) in [5.41, 5.74) is 0.185. The second-order valence-electron chi connectivity index (χ2n) is 8.49. The zero-order valence-corrected chi connectivity index (χ0v) is 17.2. The Morgan fingerprint density at radius 2 is 1.84 bits per heavy atom. The SMILES string of the molecule is CC(C)(C)C(=O)Nc1cc(C(NS(=O)C(C)(C)C)C2CC2)c(Cl)nn1. The molecule has 0 spiro atoms. The predicted octanol–water partition coefficient (Wildman–Crippen LogP) is 3.62. The van der Waals surface area contributed by atoms with Crippen molar-refractivity contribution in [3.05, 3.63) is 16.8 Å². The zero-order chi connectivity index (χ0) is 19.0. The van der Waals surface area contributed by atoms with E-state index in [1.54, 1.807) is 6.07 Å². The second-order valence-corrected chi connectivity index (χ2v) is 10.8. The molecule has 140 valence electrons. The molecule has 2 N–H and O–H groups in total. The first-order valence-corrected chi connectivity index (χ1v) is 9.95. The van der Waals surface area contributed by atoms with Crippen molar-refractivity contribution in [1.82, 2.24) is 14.9 Å². The van der Waals surface area contributed by atoms with E-state index < -0.39 is 16.4 Å². The molecule has 2 rings (SSSR count). The second kappa shape index (κ2) is 7.29. The number of nitrogens with one attached hydrogen (secondary N) is 2. The lowest BCUT2D eigenvalue weighted by Crippen LogP contribution is -2.36. The number of nitrogens with zero attached hydrogens (tertiary/aromatic N) is 2. The van der Waals surface area contributed by atoms with Crippen molar-refractivity contribution in [3.63, 3.8) is 0 Å². The fourth-order valence-electron chi connectivity index (χ4n) is 2.11. The van der Waals surface area contributed by atoms with Crippen LogP contribution in [0.25, 0.3) is 0 Å². The predicted molar refractivity (Wildman–Crippen MR) is 102 cm³/mol. The van der Waals surface area contributed by atoms with Gasteiger partial charge in [-0.3, -0.25) is 4.79 Å². The van der Waals surface area contributed by atoms with Gasteiger partial charge in [0.2, 0.25) is 5.91 Å². The number of halogens is 1. The van der Waals surface area contributed by atoms with Gasteiger partial charge in [0, 0.05) is 11.0 Å². The Bertz CT molecular complexity index is 678. The van der Waals surface area contributed by atoms with Crippen LogP contribution < -0.4 is 10.0 Å². The summed E-state index contributed by atoms with van der Waals surface area (Å²) in [4.78, 5) is 12.2. The van der Waals surface area contributed by atoms with Gasteiger partial charge in [-0.15, -0.1) is 10.2 Å². The molecule has 2 unspecified atom stereocenters. The molecule has 1 amide bonds. The molecule has 0 bridgehead atoms. The average Bonchev–Trinajstić information content (AvgIpc) is 3.29. The lowest BCUT2D eigenvalue weighted by atomic mass is 9.96. The van der Waals surface area contributed by atoms with Gasteiger partial charge in [-0.05, 0) is 45.6 Å². The van der Waals surface area contributed by atoms with Gasteiger partial charge in [-0.1, -0.05) is 32.4 Å². The summed E-state index contributed by atoms with van der Waals surface area (Å²) in [5.74, 6) is 0.566. The largest absolute Gasteiger partial charge is 0.309 e. The van der Waals surface area contributed by atoms with Gasteiger partial charge in [0.05, 0.1) is 21.8 Å². The number of hydrogen-bond acceptors (Lipinski definition) is 4. The molecule has 1 aliphatic rings. The van der Waals surface area contributed by atoms with Crippen LogP contribution in [0.15, 0.2) is 6.07 Å². The molecule has 2 atom stereocenters. The standard InChI is InChI=1S/C17H27ClN4O2S/c1-16(2,3)15(23)19-12-9-11(14(18)21-20-12)13(10-7-8-10)22-25(24)17(4,5)6/h9-10,13,22H,7-8H2,1-6H3,(H,19,20,23). The van der Waals surface area contributed by atoms with E-state index in [0.717, 1.165) is 18.4 Å². The lowest BCUT2D eigenvalue weighted by Gasteiger charge is -2.25. The van der Waals surface area contributed by atoms with E-state index in [0.29, 0.717) is 11.7 Å². The van der Waals surface area contributed by atoms with E-state index in [4.69, 9.17) is 11.6 Å². The van der Waals surface area contributed by atoms with Crippen molar-refractivity contribution in [1.29, 1.82) is 0 Å². The Labute approximate surface area is 157 Å². The summed E-state index contributed by atoms with van der Waals surface area (Å²) < 4.78 is 15.3. The van der Waals surface area contributed by atoms with Crippen LogP contribution in [0.1, 0.15) is 66.0 Å². The van der Waals surface area contributed by atoms with E-state index in [9.17, 15) is 9.00 Å². The van der Waals surface area contributed by atoms with Crippen LogP contribution in [0.2, 0.25) is 5.15 Å². The number of anilines is 1. The maximum absolute atomic E-state index is 12.5. The molecule has 1 aromatic heterocycles. The first-order valence-electron chi connectivity index (χ1n) is 8.42. The van der Waals surface area contributed by atoms with E-state index in [-0.39, 0.29) is 21.8 Å². The minimum Gasteiger partial charge on any atom is -0.309 e. The molecule has 1 saturated carbocycles. The lowest BCUT2D eigenvalue weighted by molar-refractivity contribution is -0.123. The molecule has 25 heavy (non-hydrogen) atoms. The Hall–Kier alpha value is -1.05. The number of carbonyl (C=O) groups is 1. The van der Waals surface area contributed by atoms with Crippen molar-refractivity contribution >= 4 is 34.3 Å². The van der Waals surface area contributed by atoms with Gasteiger partial charge < -0.3 is 5.32 Å². The Kier molecular flexibility index (Phi) is 5.91. The number of carbonyl (C=O) groups excluding carboxylic acids is 1. The molecule has 1 aromatic rings. The topological polar surface area (TPSA) is 84.0 Å². The monoisotopic (exact) mass is 386 g/mol. The van der Waals surface area contributed by atoms with E-state index >= 15 is 0 Å². The minimum atomic E-state index is -1.23. The highest BCUT2D eigenvalue weighted by Gasteiger charge is 2.37. The quantitative estimate of drug-likeness (QED) is 0.809. The average molecular weight is 387 g/mol. The van der Waals surface area contributed by atoms with Crippen molar-refractivity contribution < 1.29 is 9.00 Å². The number of aromatic nitrogens is 2. The van der Waals surface area contributed by atoms with E-state index in [1.165, 1.54) is 0 Å². The van der Waals surface area contributed by atoms with Crippen LogP contribution in [0.3, 0.4) is 0 Å². The first-order chi connectivity index (χ1) is 11.4. The van der Waals surface area contributed by atoms with E-state index in [1.807, 2.05) is 41.5 Å². The molecular formula is C17H27ClN4O2S. The zero-order valence-electron chi connectivity index (χ0n) is 15.6. The highest BCUT2D eigenvalue weighted by Crippen LogP contribution is 2.43. The molecule has 0 aliphatic heterocycles. The Morgan fingerprint density at radius 1 is 1.24 bits per heavy atom. The molecule has 6 nitrogen and oxygen atoms in total. The summed E-state index contributed by atoms with van der Waals surface area (Å²) in [5, 5.41) is 11.0. The molecule has 1 heterocycles. The molecular weight excluding hydrogens is 360 g/mol.